The van der Waals surface area contributed by atoms with Crippen LogP contribution in [0.25, 0.3) is 21.6 Å². The zero-order chi connectivity index (χ0) is 36.9. The van der Waals surface area contributed by atoms with Crippen molar-refractivity contribution in [3.63, 3.8) is 0 Å². The Labute approximate surface area is 303 Å². The van der Waals surface area contributed by atoms with Crippen molar-refractivity contribution >= 4 is 35.0 Å². The molecular formula is C40H46N4O6S. The Hall–Kier alpha value is -4.87. The molecule has 0 spiro atoms. The summed E-state index contributed by atoms with van der Waals surface area (Å²) in [5.41, 5.74) is 7.41. The number of hydrogen-bond donors (Lipinski definition) is 3. The van der Waals surface area contributed by atoms with E-state index in [1.807, 2.05) is 113 Å². The standard InChI is InChI=1S/C40H46N4O6S/c1-24(28-13-15-29(16-14-28)36-25(2)41-23-51-36)42-38(48)33-21-32(45)22-44(33)39(49)37(40(3,4)5)43-34(46)19-26-9-7-11-30(17-26)31-12-8-10-27(18-31)20-35(47)50-6/h7-18,23-24,32-33,37,45H,19-22H2,1-6H3,(H,42,48)(H,43,46)/t24-,32+,33-,37+/m0/s1. The quantitative estimate of drug-likeness (QED) is 0.177. The predicted octanol–water partition coefficient (Wildman–Crippen LogP) is 5.41. The molecule has 1 aromatic heterocycles. The lowest BCUT2D eigenvalue weighted by molar-refractivity contribution is -0.144. The first kappa shape index (κ1) is 37.4. The van der Waals surface area contributed by atoms with E-state index >= 15 is 0 Å². The normalized spacial score (nSPS) is 17.0. The maximum Gasteiger partial charge on any atom is 0.309 e. The molecule has 268 valence electrons. The van der Waals surface area contributed by atoms with Crippen LogP contribution in [0.2, 0.25) is 0 Å². The molecule has 0 saturated carbocycles. The maximum atomic E-state index is 14.1. The molecule has 3 amide bonds. The zero-order valence-electron chi connectivity index (χ0n) is 29.9. The topological polar surface area (TPSA) is 138 Å². The third-order valence-corrected chi connectivity index (χ3v) is 10.2. The number of aliphatic hydroxyl groups is 1. The van der Waals surface area contributed by atoms with Gasteiger partial charge >= 0.3 is 5.97 Å². The summed E-state index contributed by atoms with van der Waals surface area (Å²) >= 11 is 1.58. The Morgan fingerprint density at radius 1 is 0.941 bits per heavy atom. The lowest BCUT2D eigenvalue weighted by atomic mass is 9.85. The number of hydrogen-bond acceptors (Lipinski definition) is 8. The molecule has 3 aromatic carbocycles. The molecule has 1 aliphatic heterocycles. The molecule has 0 bridgehead atoms. The molecule has 0 aliphatic carbocycles. The molecule has 4 aromatic rings. The van der Waals surface area contributed by atoms with Gasteiger partial charge in [-0.25, -0.2) is 4.98 Å². The number of carbonyl (C=O) groups is 4. The van der Waals surface area contributed by atoms with Gasteiger partial charge in [0.1, 0.15) is 12.1 Å². The smallest absolute Gasteiger partial charge is 0.309 e. The van der Waals surface area contributed by atoms with Crippen LogP contribution in [0, 0.1) is 12.3 Å². The van der Waals surface area contributed by atoms with E-state index in [4.69, 9.17) is 4.74 Å². The molecule has 1 fully saturated rings. The molecule has 11 heteroatoms. The number of nitrogens with zero attached hydrogens (tertiary/aromatic N) is 2. The van der Waals surface area contributed by atoms with Gasteiger partial charge in [-0.05, 0) is 52.6 Å². The van der Waals surface area contributed by atoms with E-state index in [1.54, 1.807) is 11.3 Å². The summed E-state index contributed by atoms with van der Waals surface area (Å²) < 4.78 is 4.79. The number of amides is 3. The molecule has 10 nitrogen and oxygen atoms in total. The van der Waals surface area contributed by atoms with Gasteiger partial charge in [-0.2, -0.15) is 0 Å². The van der Waals surface area contributed by atoms with Gasteiger partial charge in [0.25, 0.3) is 0 Å². The minimum Gasteiger partial charge on any atom is -0.469 e. The van der Waals surface area contributed by atoms with Crippen molar-refractivity contribution in [2.24, 2.45) is 5.41 Å². The number of thiazole rings is 1. The van der Waals surface area contributed by atoms with Crippen LogP contribution in [0.5, 0.6) is 0 Å². The Morgan fingerprint density at radius 2 is 1.57 bits per heavy atom. The van der Waals surface area contributed by atoms with E-state index in [0.717, 1.165) is 44.0 Å². The fourth-order valence-corrected chi connectivity index (χ4v) is 7.19. The van der Waals surface area contributed by atoms with Gasteiger partial charge in [0.15, 0.2) is 0 Å². The van der Waals surface area contributed by atoms with Crippen LogP contribution >= 0.6 is 11.3 Å². The molecule has 4 atom stereocenters. The second kappa shape index (κ2) is 16.0. The van der Waals surface area contributed by atoms with Gasteiger partial charge in [0, 0.05) is 13.0 Å². The van der Waals surface area contributed by atoms with Crippen LogP contribution in [-0.4, -0.2) is 70.5 Å². The average Bonchev–Trinajstić information content (AvgIpc) is 3.71. The number of nitrogens with one attached hydrogen (secondary N) is 2. The van der Waals surface area contributed by atoms with E-state index in [1.165, 1.54) is 12.0 Å². The molecule has 0 radical (unpaired) electrons. The Kier molecular flexibility index (Phi) is 11.7. The molecule has 3 N–H and O–H groups in total. The van der Waals surface area contributed by atoms with Gasteiger partial charge in [-0.15, -0.1) is 11.3 Å². The third-order valence-electron chi connectivity index (χ3n) is 9.19. The number of methoxy groups -OCH3 is 1. The number of β-amino-alcohol motifs (C(OH)–C–C–N with tert-alkyl or cyclic N) is 1. The number of ether oxygens (including phenoxy) is 1. The van der Waals surface area contributed by atoms with Crippen LogP contribution in [0.15, 0.2) is 78.3 Å². The predicted molar refractivity (Wildman–Crippen MR) is 198 cm³/mol. The number of aryl methyl sites for hydroxylation is 1. The number of aromatic nitrogens is 1. The van der Waals surface area contributed by atoms with E-state index < -0.39 is 29.5 Å². The van der Waals surface area contributed by atoms with Crippen molar-refractivity contribution in [3.8, 4) is 21.6 Å². The molecule has 2 heterocycles. The van der Waals surface area contributed by atoms with Gasteiger partial charge < -0.3 is 25.4 Å². The minimum atomic E-state index is -0.941. The summed E-state index contributed by atoms with van der Waals surface area (Å²) in [7, 11) is 1.36. The summed E-state index contributed by atoms with van der Waals surface area (Å²) in [6.45, 7) is 9.43. The van der Waals surface area contributed by atoms with Crippen molar-refractivity contribution < 1.29 is 29.0 Å². The average molecular weight is 711 g/mol. The monoisotopic (exact) mass is 710 g/mol. The highest BCUT2D eigenvalue weighted by atomic mass is 32.1. The van der Waals surface area contributed by atoms with Crippen LogP contribution in [0.1, 0.15) is 62.5 Å². The number of carbonyl (C=O) groups excluding carboxylic acids is 4. The second-order valence-corrected chi connectivity index (χ2v) is 15.1. The summed E-state index contributed by atoms with van der Waals surface area (Å²) in [6, 6.07) is 20.9. The molecular weight excluding hydrogens is 665 g/mol. The molecule has 1 aliphatic rings. The first-order valence-corrected chi connectivity index (χ1v) is 17.9. The number of aliphatic hydroxyl groups excluding tert-OH is 1. The van der Waals surface area contributed by atoms with E-state index in [0.29, 0.717) is 0 Å². The van der Waals surface area contributed by atoms with Crippen LogP contribution in [-0.2, 0) is 36.8 Å². The van der Waals surface area contributed by atoms with Gasteiger partial charge in [-0.3, -0.25) is 19.2 Å². The number of rotatable bonds is 11. The van der Waals surface area contributed by atoms with Crippen molar-refractivity contribution in [1.29, 1.82) is 0 Å². The third kappa shape index (κ3) is 9.28. The molecule has 0 unspecified atom stereocenters. The fraction of sp³-hybridized carbons (Fsp3) is 0.375. The first-order valence-electron chi connectivity index (χ1n) is 17.1. The van der Waals surface area contributed by atoms with Crippen LogP contribution in [0.3, 0.4) is 0 Å². The van der Waals surface area contributed by atoms with Crippen molar-refractivity contribution in [2.45, 2.75) is 78.1 Å². The number of likely N-dealkylation sites (tertiary alicyclic amines) is 1. The van der Waals surface area contributed by atoms with Crippen molar-refractivity contribution in [3.05, 3.63) is 101 Å². The Bertz CT molecular complexity index is 1880. The number of esters is 1. The zero-order valence-corrected chi connectivity index (χ0v) is 30.8. The summed E-state index contributed by atoms with van der Waals surface area (Å²) in [4.78, 5) is 59.8. The van der Waals surface area contributed by atoms with Gasteiger partial charge in [-0.1, -0.05) is 93.6 Å². The first-order chi connectivity index (χ1) is 24.2. The molecule has 5 rings (SSSR count). The van der Waals surface area contributed by atoms with Crippen LogP contribution < -0.4 is 10.6 Å². The highest BCUT2D eigenvalue weighted by Gasteiger charge is 2.44. The van der Waals surface area contributed by atoms with Crippen LogP contribution in [0.4, 0.5) is 0 Å². The lowest BCUT2D eigenvalue weighted by Gasteiger charge is -2.35. The number of benzene rings is 3. The second-order valence-electron chi connectivity index (χ2n) is 14.2. The summed E-state index contributed by atoms with van der Waals surface area (Å²) in [6.07, 6.45) is -0.577. The Morgan fingerprint density at radius 3 is 2.14 bits per heavy atom. The van der Waals surface area contributed by atoms with Gasteiger partial charge in [0.2, 0.25) is 17.7 Å². The minimum absolute atomic E-state index is 0.00621. The lowest BCUT2D eigenvalue weighted by Crippen LogP contribution is -2.58. The summed E-state index contributed by atoms with van der Waals surface area (Å²) in [5.74, 6) is -1.44. The van der Waals surface area contributed by atoms with Gasteiger partial charge in [0.05, 0.1) is 48.2 Å². The highest BCUT2D eigenvalue weighted by Crippen LogP contribution is 2.30. The van der Waals surface area contributed by atoms with E-state index in [-0.39, 0.29) is 49.6 Å². The largest absolute Gasteiger partial charge is 0.469 e. The van der Waals surface area contributed by atoms with Crippen molar-refractivity contribution in [2.75, 3.05) is 13.7 Å². The molecule has 1 saturated heterocycles. The molecule has 51 heavy (non-hydrogen) atoms. The Balaban J connectivity index is 1.25. The van der Waals surface area contributed by atoms with Crippen molar-refractivity contribution in [1.82, 2.24) is 20.5 Å². The maximum absolute atomic E-state index is 14.1. The van der Waals surface area contributed by atoms with E-state index in [9.17, 15) is 24.3 Å². The fourth-order valence-electron chi connectivity index (χ4n) is 6.37. The SMILES string of the molecule is COC(=O)Cc1cccc(-c2cccc(CC(=O)N[C@H](C(=O)N3C[C@H](O)C[C@H]3C(=O)N[C@@H](C)c3ccc(-c4scnc4C)cc3)C(C)(C)C)c2)c1. The summed E-state index contributed by atoms with van der Waals surface area (Å²) in [5, 5.41) is 16.6. The highest BCUT2D eigenvalue weighted by molar-refractivity contribution is 7.13. The van der Waals surface area contributed by atoms with E-state index in [2.05, 4.69) is 15.6 Å².